The van der Waals surface area contributed by atoms with Crippen molar-refractivity contribution in [1.82, 2.24) is 29.3 Å². The van der Waals surface area contributed by atoms with Gasteiger partial charge in [0.25, 0.3) is 0 Å². The zero-order valence-electron chi connectivity index (χ0n) is 17.9. The van der Waals surface area contributed by atoms with Crippen LogP contribution in [0.2, 0.25) is 0 Å². The van der Waals surface area contributed by atoms with E-state index in [-0.39, 0.29) is 6.04 Å². The van der Waals surface area contributed by atoms with E-state index in [1.54, 1.807) is 21.6 Å². The van der Waals surface area contributed by atoms with Gasteiger partial charge in [0, 0.05) is 18.3 Å². The number of fused-ring (bicyclic) bond motifs is 1. The van der Waals surface area contributed by atoms with E-state index in [0.717, 1.165) is 30.3 Å². The van der Waals surface area contributed by atoms with Gasteiger partial charge in [-0.05, 0) is 51.2 Å². The molecule has 0 unspecified atom stereocenters. The molecule has 5 rings (SSSR count). The first-order valence-corrected chi connectivity index (χ1v) is 10.5. The van der Waals surface area contributed by atoms with Gasteiger partial charge in [0.1, 0.15) is 23.1 Å². The summed E-state index contributed by atoms with van der Waals surface area (Å²) in [6, 6.07) is 5.21. The summed E-state index contributed by atoms with van der Waals surface area (Å²) in [6.07, 6.45) is 8.78. The van der Waals surface area contributed by atoms with Crippen molar-refractivity contribution < 1.29 is 8.78 Å². The highest BCUT2D eigenvalue weighted by Gasteiger charge is 2.30. The Morgan fingerprint density at radius 1 is 1.16 bits per heavy atom. The van der Waals surface area contributed by atoms with E-state index in [0.29, 0.717) is 30.2 Å². The third-order valence-electron chi connectivity index (χ3n) is 5.63. The van der Waals surface area contributed by atoms with Crippen molar-refractivity contribution in [1.29, 1.82) is 0 Å². The normalized spacial score (nSPS) is 16.4. The molecule has 0 amide bonds. The van der Waals surface area contributed by atoms with Crippen LogP contribution in [0.1, 0.15) is 24.4 Å². The molecule has 3 aromatic heterocycles. The van der Waals surface area contributed by atoms with Crippen LogP contribution in [-0.2, 0) is 0 Å². The van der Waals surface area contributed by atoms with E-state index < -0.39 is 11.6 Å². The van der Waals surface area contributed by atoms with Crippen LogP contribution in [0.15, 0.2) is 49.1 Å². The molecule has 4 heterocycles. The van der Waals surface area contributed by atoms with Crippen LogP contribution in [0, 0.1) is 11.6 Å². The van der Waals surface area contributed by atoms with Crippen LogP contribution in [0.25, 0.3) is 11.3 Å². The molecule has 8 nitrogen and oxygen atoms in total. The Bertz CT molecular complexity index is 1250. The molecule has 1 saturated heterocycles. The molecule has 0 radical (unpaired) electrons. The maximum atomic E-state index is 14.5. The molecule has 1 atom stereocenters. The van der Waals surface area contributed by atoms with E-state index in [1.165, 1.54) is 12.1 Å². The van der Waals surface area contributed by atoms with E-state index in [2.05, 4.69) is 15.5 Å². The minimum atomic E-state index is -0.438. The van der Waals surface area contributed by atoms with Crippen molar-refractivity contribution in [3.8, 4) is 5.69 Å². The summed E-state index contributed by atoms with van der Waals surface area (Å²) in [5.41, 5.74) is 2.62. The van der Waals surface area contributed by atoms with Crippen molar-refractivity contribution >= 4 is 17.2 Å². The van der Waals surface area contributed by atoms with Crippen molar-refractivity contribution in [2.75, 3.05) is 37.5 Å². The average molecular weight is 438 g/mol. The Labute approximate surface area is 184 Å². The highest BCUT2D eigenvalue weighted by molar-refractivity contribution is 5.62. The standard InChI is InChI=1S/C22H24F2N8/c1-29(2)14-25-16-11-26-32(13-16)20-12-27-31-9-7-21(28-22(20)31)30-8-3-4-19(30)17-10-15(23)5-6-18(17)24/h5-7,9-13,19,25H,3-4,8,14H2,1-2H3/t19-/m1/s1. The Hall–Kier alpha value is -3.53. The zero-order chi connectivity index (χ0) is 22.2. The second-order valence-electron chi connectivity index (χ2n) is 8.19. The fourth-order valence-corrected chi connectivity index (χ4v) is 4.10. The second-order valence-corrected chi connectivity index (χ2v) is 8.19. The van der Waals surface area contributed by atoms with E-state index in [9.17, 15) is 8.78 Å². The third-order valence-corrected chi connectivity index (χ3v) is 5.63. The highest BCUT2D eigenvalue weighted by atomic mass is 19.1. The molecule has 1 aromatic carbocycles. The maximum absolute atomic E-state index is 14.5. The lowest BCUT2D eigenvalue weighted by atomic mass is 10.0. The van der Waals surface area contributed by atoms with Crippen molar-refractivity contribution in [3.05, 3.63) is 66.3 Å². The summed E-state index contributed by atoms with van der Waals surface area (Å²) in [5, 5.41) is 12.1. The molecule has 0 bridgehead atoms. The molecule has 1 aliphatic heterocycles. The maximum Gasteiger partial charge on any atom is 0.183 e. The van der Waals surface area contributed by atoms with Gasteiger partial charge in [-0.15, -0.1) is 0 Å². The molecule has 10 heteroatoms. The quantitative estimate of drug-likeness (QED) is 0.465. The van der Waals surface area contributed by atoms with Gasteiger partial charge >= 0.3 is 0 Å². The van der Waals surface area contributed by atoms with Gasteiger partial charge in [-0.3, -0.25) is 4.90 Å². The van der Waals surface area contributed by atoms with Crippen LogP contribution >= 0.6 is 0 Å². The Kier molecular flexibility index (Phi) is 5.22. The smallest absolute Gasteiger partial charge is 0.183 e. The minimum Gasteiger partial charge on any atom is -0.370 e. The van der Waals surface area contributed by atoms with Gasteiger partial charge in [0.15, 0.2) is 5.65 Å². The monoisotopic (exact) mass is 438 g/mol. The topological polar surface area (TPSA) is 66.5 Å². The van der Waals surface area contributed by atoms with Crippen LogP contribution < -0.4 is 10.2 Å². The van der Waals surface area contributed by atoms with Crippen LogP contribution in [0.3, 0.4) is 0 Å². The molecule has 1 aliphatic rings. The lowest BCUT2D eigenvalue weighted by Gasteiger charge is -2.26. The third kappa shape index (κ3) is 3.77. The number of rotatable bonds is 6. The van der Waals surface area contributed by atoms with Crippen LogP contribution in [-0.4, -0.2) is 56.6 Å². The van der Waals surface area contributed by atoms with Crippen molar-refractivity contribution in [2.24, 2.45) is 0 Å². The predicted molar refractivity (Wildman–Crippen MR) is 118 cm³/mol. The molecule has 0 aliphatic carbocycles. The molecule has 32 heavy (non-hydrogen) atoms. The Morgan fingerprint density at radius 3 is 2.88 bits per heavy atom. The molecule has 0 spiro atoms. The lowest BCUT2D eigenvalue weighted by molar-refractivity contribution is 0.440. The van der Waals surface area contributed by atoms with Crippen molar-refractivity contribution in [2.45, 2.75) is 18.9 Å². The predicted octanol–water partition coefficient (Wildman–Crippen LogP) is 3.47. The number of benzene rings is 1. The lowest BCUT2D eigenvalue weighted by Crippen LogP contribution is -2.24. The SMILES string of the molecule is CN(C)CNc1cnn(-c2cnn3ccc(N4CCC[C@@H]4c4cc(F)ccc4F)nc23)c1. The summed E-state index contributed by atoms with van der Waals surface area (Å²) in [6.45, 7) is 1.41. The molecule has 0 saturated carbocycles. The fourth-order valence-electron chi connectivity index (χ4n) is 4.10. The Morgan fingerprint density at radius 2 is 2.03 bits per heavy atom. The van der Waals surface area contributed by atoms with E-state index >= 15 is 0 Å². The molecule has 1 N–H and O–H groups in total. The number of nitrogens with zero attached hydrogens (tertiary/aromatic N) is 7. The van der Waals surface area contributed by atoms with Crippen LogP contribution in [0.5, 0.6) is 0 Å². The number of hydrogen-bond acceptors (Lipinski definition) is 6. The number of aromatic nitrogens is 5. The summed E-state index contributed by atoms with van der Waals surface area (Å²) >= 11 is 0. The number of anilines is 2. The second kappa shape index (κ2) is 8.19. The first-order chi connectivity index (χ1) is 15.5. The van der Waals surface area contributed by atoms with Gasteiger partial charge in [-0.25, -0.2) is 23.0 Å². The molecular formula is C22H24F2N8. The number of halogens is 2. The van der Waals surface area contributed by atoms with Gasteiger partial charge < -0.3 is 10.2 Å². The zero-order valence-corrected chi connectivity index (χ0v) is 17.9. The largest absolute Gasteiger partial charge is 0.370 e. The average Bonchev–Trinajstić information content (AvgIpc) is 3.52. The fraction of sp³-hybridized carbons (Fsp3) is 0.318. The molecular weight excluding hydrogens is 414 g/mol. The first-order valence-electron chi connectivity index (χ1n) is 10.5. The first kappa shape index (κ1) is 20.4. The van der Waals surface area contributed by atoms with E-state index in [1.807, 2.05) is 42.4 Å². The van der Waals surface area contributed by atoms with Gasteiger partial charge in [0.05, 0.1) is 37.0 Å². The van der Waals surface area contributed by atoms with Gasteiger partial charge in [0.2, 0.25) is 0 Å². The summed E-state index contributed by atoms with van der Waals surface area (Å²) < 4.78 is 31.7. The minimum absolute atomic E-state index is 0.265. The molecule has 4 aromatic rings. The highest BCUT2D eigenvalue weighted by Crippen LogP contribution is 2.37. The number of hydrogen-bond donors (Lipinski definition) is 1. The molecule has 1 fully saturated rings. The number of nitrogens with one attached hydrogen (secondary N) is 1. The Balaban J connectivity index is 1.48. The van der Waals surface area contributed by atoms with Crippen LogP contribution in [0.4, 0.5) is 20.3 Å². The van der Waals surface area contributed by atoms with E-state index in [4.69, 9.17) is 4.98 Å². The molecule has 166 valence electrons. The summed E-state index contributed by atoms with van der Waals surface area (Å²) in [4.78, 5) is 8.88. The van der Waals surface area contributed by atoms with Gasteiger partial charge in [-0.2, -0.15) is 10.2 Å². The summed E-state index contributed by atoms with van der Waals surface area (Å²) in [5.74, 6) is -0.140. The summed E-state index contributed by atoms with van der Waals surface area (Å²) in [7, 11) is 3.96. The van der Waals surface area contributed by atoms with Crippen molar-refractivity contribution in [3.63, 3.8) is 0 Å². The van der Waals surface area contributed by atoms with Gasteiger partial charge in [-0.1, -0.05) is 0 Å².